The van der Waals surface area contributed by atoms with Gasteiger partial charge < -0.3 is 19.7 Å². The first-order valence-electron chi connectivity index (χ1n) is 11.8. The standard InChI is InChI=1S/C23H27N7O4/c1-33-18-6-5-14(8-17(18)30(31)32)20-21-22(29(13-25-21)19-4-2-3-7-34-19)27-23(26-20)28-11-15-9-24-10-16(15)12-28/h5-6,8,13,15-16,19,24H,2-4,7,9-12H2,1H3. The van der Waals surface area contributed by atoms with E-state index in [1.165, 1.54) is 13.2 Å². The Labute approximate surface area is 196 Å². The number of ether oxygens (including phenoxy) is 2. The molecule has 11 heteroatoms. The van der Waals surface area contributed by atoms with E-state index in [9.17, 15) is 10.1 Å². The molecule has 2 aromatic heterocycles. The van der Waals surface area contributed by atoms with Gasteiger partial charge in [-0.3, -0.25) is 14.7 Å². The van der Waals surface area contributed by atoms with Crippen molar-refractivity contribution in [1.82, 2.24) is 24.8 Å². The van der Waals surface area contributed by atoms with Crippen molar-refractivity contribution in [3.8, 4) is 17.0 Å². The SMILES string of the molecule is COc1ccc(-c2nc(N3CC4CNCC4C3)nc3c2ncn3C2CCCCO2)cc1[N+](=O)[O-]. The summed E-state index contributed by atoms with van der Waals surface area (Å²) in [4.78, 5) is 28.0. The largest absolute Gasteiger partial charge is 0.490 e. The smallest absolute Gasteiger partial charge is 0.311 e. The van der Waals surface area contributed by atoms with Crippen LogP contribution in [0.5, 0.6) is 5.75 Å². The number of imidazole rings is 1. The van der Waals surface area contributed by atoms with Gasteiger partial charge >= 0.3 is 5.69 Å². The number of nitro benzene ring substituents is 1. The molecule has 0 amide bonds. The van der Waals surface area contributed by atoms with Crippen molar-refractivity contribution in [2.24, 2.45) is 11.8 Å². The molecule has 3 atom stereocenters. The summed E-state index contributed by atoms with van der Waals surface area (Å²) < 4.78 is 13.2. The Kier molecular flexibility index (Phi) is 5.30. The Balaban J connectivity index is 1.49. The Morgan fingerprint density at radius 3 is 2.74 bits per heavy atom. The topological polar surface area (TPSA) is 120 Å². The average molecular weight is 466 g/mol. The summed E-state index contributed by atoms with van der Waals surface area (Å²) >= 11 is 0. The number of aromatic nitrogens is 4. The number of fused-ring (bicyclic) bond motifs is 2. The quantitative estimate of drug-likeness (QED) is 0.448. The molecule has 0 radical (unpaired) electrons. The van der Waals surface area contributed by atoms with E-state index in [0.29, 0.717) is 46.8 Å². The number of hydrogen-bond acceptors (Lipinski definition) is 9. The fourth-order valence-electron chi connectivity index (χ4n) is 5.40. The van der Waals surface area contributed by atoms with Crippen molar-refractivity contribution < 1.29 is 14.4 Å². The number of rotatable bonds is 5. The van der Waals surface area contributed by atoms with Crippen LogP contribution in [0.15, 0.2) is 24.5 Å². The van der Waals surface area contributed by atoms with Crippen molar-refractivity contribution >= 4 is 22.8 Å². The minimum Gasteiger partial charge on any atom is -0.490 e. The van der Waals surface area contributed by atoms with Gasteiger partial charge in [-0.2, -0.15) is 4.98 Å². The highest BCUT2D eigenvalue weighted by Crippen LogP contribution is 2.37. The summed E-state index contributed by atoms with van der Waals surface area (Å²) in [7, 11) is 1.42. The monoisotopic (exact) mass is 465 g/mol. The molecule has 3 saturated heterocycles. The van der Waals surface area contributed by atoms with E-state index in [0.717, 1.165) is 45.4 Å². The van der Waals surface area contributed by atoms with Crippen LogP contribution in [-0.2, 0) is 4.74 Å². The van der Waals surface area contributed by atoms with Crippen molar-refractivity contribution in [2.75, 3.05) is 44.8 Å². The molecule has 3 aromatic rings. The zero-order valence-electron chi connectivity index (χ0n) is 19.0. The molecule has 11 nitrogen and oxygen atoms in total. The number of nitrogens with one attached hydrogen (secondary N) is 1. The Morgan fingerprint density at radius 2 is 2.03 bits per heavy atom. The fourth-order valence-corrected chi connectivity index (χ4v) is 5.40. The third kappa shape index (κ3) is 3.55. The number of anilines is 1. The van der Waals surface area contributed by atoms with Crippen LogP contribution < -0.4 is 15.0 Å². The van der Waals surface area contributed by atoms with E-state index < -0.39 is 4.92 Å². The van der Waals surface area contributed by atoms with E-state index >= 15 is 0 Å². The number of nitrogens with zero attached hydrogens (tertiary/aromatic N) is 6. The maximum atomic E-state index is 11.7. The molecular formula is C23H27N7O4. The van der Waals surface area contributed by atoms with Gasteiger partial charge in [0.05, 0.1) is 18.4 Å². The Morgan fingerprint density at radius 1 is 1.21 bits per heavy atom. The summed E-state index contributed by atoms with van der Waals surface area (Å²) in [5, 5.41) is 15.1. The molecule has 0 bridgehead atoms. The third-order valence-electron chi connectivity index (χ3n) is 7.20. The first kappa shape index (κ1) is 21.2. The van der Waals surface area contributed by atoms with Gasteiger partial charge in [-0.25, -0.2) is 9.97 Å². The number of hydrogen-bond donors (Lipinski definition) is 1. The minimum atomic E-state index is -0.440. The molecule has 0 saturated carbocycles. The summed E-state index contributed by atoms with van der Waals surface area (Å²) in [6, 6.07) is 4.90. The van der Waals surface area contributed by atoms with E-state index in [4.69, 9.17) is 19.4 Å². The van der Waals surface area contributed by atoms with Crippen LogP contribution >= 0.6 is 0 Å². The van der Waals surface area contributed by atoms with Gasteiger partial charge in [-0.15, -0.1) is 0 Å². The maximum Gasteiger partial charge on any atom is 0.311 e. The highest BCUT2D eigenvalue weighted by molar-refractivity contribution is 5.89. The average Bonchev–Trinajstić information content (AvgIpc) is 3.58. The zero-order valence-corrected chi connectivity index (χ0v) is 19.0. The lowest BCUT2D eigenvalue weighted by Gasteiger charge is -2.24. The van der Waals surface area contributed by atoms with Crippen LogP contribution in [0, 0.1) is 22.0 Å². The van der Waals surface area contributed by atoms with Crippen LogP contribution in [0.1, 0.15) is 25.5 Å². The molecule has 1 aromatic carbocycles. The molecule has 3 fully saturated rings. The second kappa shape index (κ2) is 8.48. The van der Waals surface area contributed by atoms with E-state index in [2.05, 4.69) is 15.2 Å². The van der Waals surface area contributed by atoms with Gasteiger partial charge in [0.1, 0.15) is 17.4 Å². The summed E-state index contributed by atoms with van der Waals surface area (Å²) in [6.45, 7) is 4.50. The zero-order chi connectivity index (χ0) is 23.2. The minimum absolute atomic E-state index is 0.106. The normalized spacial score (nSPS) is 24.5. The first-order chi connectivity index (χ1) is 16.6. The van der Waals surface area contributed by atoms with Crippen molar-refractivity contribution in [2.45, 2.75) is 25.5 Å². The molecule has 0 aliphatic carbocycles. The molecule has 3 aliphatic heterocycles. The number of methoxy groups -OCH3 is 1. The molecule has 5 heterocycles. The molecular weight excluding hydrogens is 438 g/mol. The molecule has 0 spiro atoms. The van der Waals surface area contributed by atoms with Crippen molar-refractivity contribution in [1.29, 1.82) is 0 Å². The van der Waals surface area contributed by atoms with E-state index in [1.807, 2.05) is 4.57 Å². The van der Waals surface area contributed by atoms with Crippen LogP contribution in [-0.4, -0.2) is 64.3 Å². The number of benzene rings is 1. The van der Waals surface area contributed by atoms with Gasteiger partial charge in [0.15, 0.2) is 11.4 Å². The van der Waals surface area contributed by atoms with Crippen LogP contribution in [0.2, 0.25) is 0 Å². The lowest BCUT2D eigenvalue weighted by atomic mass is 10.0. The van der Waals surface area contributed by atoms with Gasteiger partial charge in [-0.1, -0.05) is 0 Å². The summed E-state index contributed by atoms with van der Waals surface area (Å²) in [5.41, 5.74) is 2.39. The highest BCUT2D eigenvalue weighted by atomic mass is 16.6. The van der Waals surface area contributed by atoms with Gasteiger partial charge in [-0.05, 0) is 43.2 Å². The first-order valence-corrected chi connectivity index (χ1v) is 11.8. The van der Waals surface area contributed by atoms with Crippen molar-refractivity contribution in [3.05, 3.63) is 34.6 Å². The molecule has 6 rings (SSSR count). The van der Waals surface area contributed by atoms with E-state index in [-0.39, 0.29) is 17.7 Å². The van der Waals surface area contributed by atoms with Crippen LogP contribution in [0.3, 0.4) is 0 Å². The maximum absolute atomic E-state index is 11.7. The second-order valence-corrected chi connectivity index (χ2v) is 9.24. The van der Waals surface area contributed by atoms with Gasteiger partial charge in [0.25, 0.3) is 0 Å². The molecule has 3 aliphatic rings. The Bertz CT molecular complexity index is 1230. The predicted octanol–water partition coefficient (Wildman–Crippen LogP) is 2.76. The van der Waals surface area contributed by atoms with Gasteiger partial charge in [0.2, 0.25) is 5.95 Å². The molecule has 34 heavy (non-hydrogen) atoms. The van der Waals surface area contributed by atoms with Gasteiger partial charge in [0, 0.05) is 44.4 Å². The lowest BCUT2D eigenvalue weighted by molar-refractivity contribution is -0.385. The summed E-state index contributed by atoms with van der Waals surface area (Å²) in [6.07, 6.45) is 4.66. The number of nitro groups is 1. The summed E-state index contributed by atoms with van der Waals surface area (Å²) in [5.74, 6) is 2.00. The fraction of sp³-hybridized carbons (Fsp3) is 0.522. The second-order valence-electron chi connectivity index (χ2n) is 9.24. The predicted molar refractivity (Wildman–Crippen MR) is 125 cm³/mol. The molecule has 3 unspecified atom stereocenters. The lowest BCUT2D eigenvalue weighted by Crippen LogP contribution is -2.27. The van der Waals surface area contributed by atoms with Crippen LogP contribution in [0.25, 0.3) is 22.4 Å². The van der Waals surface area contributed by atoms with Crippen molar-refractivity contribution in [3.63, 3.8) is 0 Å². The third-order valence-corrected chi connectivity index (χ3v) is 7.20. The molecule has 178 valence electrons. The Hall–Kier alpha value is -3.31. The molecule has 1 N–H and O–H groups in total. The highest BCUT2D eigenvalue weighted by Gasteiger charge is 2.37. The van der Waals surface area contributed by atoms with E-state index in [1.54, 1.807) is 18.5 Å². The van der Waals surface area contributed by atoms with Crippen LogP contribution in [0.4, 0.5) is 11.6 Å².